The smallest absolute Gasteiger partial charge is 0.236 e. The number of carbonyl (C=O) groups excluding carboxylic acids is 1. The fourth-order valence-corrected chi connectivity index (χ4v) is 3.20. The first kappa shape index (κ1) is 15.3. The van der Waals surface area contributed by atoms with Crippen LogP contribution in [0, 0.1) is 11.3 Å². The summed E-state index contributed by atoms with van der Waals surface area (Å²) in [5.41, 5.74) is 0.898. The minimum Gasteiger partial charge on any atom is -0.354 e. The lowest BCUT2D eigenvalue weighted by Crippen LogP contribution is -2.49. The van der Waals surface area contributed by atoms with E-state index in [0.717, 1.165) is 36.2 Å². The van der Waals surface area contributed by atoms with Crippen molar-refractivity contribution in [3.8, 4) is 6.07 Å². The standard InChI is InChI=1S/C16H20N6O/c1-20-9-6-13-15(20)18-11-19-16(13)21(2)12-4-3-8-22(10-12)14(23)5-7-17/h6,9,11-12H,3-5,8,10H2,1-2H3/t12-/m1/s1. The van der Waals surface area contributed by atoms with Crippen LogP contribution in [0.2, 0.25) is 0 Å². The number of piperidine rings is 1. The van der Waals surface area contributed by atoms with Gasteiger partial charge in [-0.1, -0.05) is 0 Å². The Morgan fingerprint density at radius 1 is 1.52 bits per heavy atom. The third-order valence-electron chi connectivity index (χ3n) is 4.50. The van der Waals surface area contributed by atoms with Crippen molar-refractivity contribution in [1.82, 2.24) is 19.4 Å². The van der Waals surface area contributed by atoms with Gasteiger partial charge in [0.25, 0.3) is 0 Å². The van der Waals surface area contributed by atoms with Gasteiger partial charge in [0.1, 0.15) is 24.2 Å². The van der Waals surface area contributed by atoms with Gasteiger partial charge in [0, 0.05) is 39.4 Å². The largest absolute Gasteiger partial charge is 0.354 e. The second-order valence-electron chi connectivity index (χ2n) is 5.94. The van der Waals surface area contributed by atoms with E-state index in [1.165, 1.54) is 0 Å². The summed E-state index contributed by atoms with van der Waals surface area (Å²) in [6.45, 7) is 1.37. The monoisotopic (exact) mass is 312 g/mol. The maximum atomic E-state index is 12.0. The van der Waals surface area contributed by atoms with E-state index in [1.807, 2.05) is 37.0 Å². The van der Waals surface area contributed by atoms with Gasteiger partial charge in [-0.15, -0.1) is 0 Å². The lowest BCUT2D eigenvalue weighted by Gasteiger charge is -2.38. The van der Waals surface area contributed by atoms with E-state index < -0.39 is 0 Å². The number of amides is 1. The second-order valence-corrected chi connectivity index (χ2v) is 5.94. The van der Waals surface area contributed by atoms with Gasteiger partial charge in [-0.25, -0.2) is 9.97 Å². The number of fused-ring (bicyclic) bond motifs is 1. The van der Waals surface area contributed by atoms with E-state index in [0.29, 0.717) is 6.54 Å². The summed E-state index contributed by atoms with van der Waals surface area (Å²) in [5.74, 6) is 0.799. The number of hydrogen-bond acceptors (Lipinski definition) is 5. The number of aromatic nitrogens is 3. The number of rotatable bonds is 3. The Bertz CT molecular complexity index is 762. The predicted molar refractivity (Wildman–Crippen MR) is 86.7 cm³/mol. The number of likely N-dealkylation sites (N-methyl/N-ethyl adjacent to an activating group) is 1. The Labute approximate surface area is 135 Å². The Morgan fingerprint density at radius 3 is 3.13 bits per heavy atom. The van der Waals surface area contributed by atoms with Crippen molar-refractivity contribution < 1.29 is 4.79 Å². The molecule has 2 aromatic heterocycles. The lowest BCUT2D eigenvalue weighted by atomic mass is 10.0. The molecule has 0 saturated carbocycles. The highest BCUT2D eigenvalue weighted by Gasteiger charge is 2.27. The molecule has 0 aliphatic carbocycles. The van der Waals surface area contributed by atoms with Crippen LogP contribution in [0.5, 0.6) is 0 Å². The molecular weight excluding hydrogens is 292 g/mol. The summed E-state index contributed by atoms with van der Waals surface area (Å²) < 4.78 is 1.97. The third-order valence-corrected chi connectivity index (χ3v) is 4.50. The van der Waals surface area contributed by atoms with Crippen molar-refractivity contribution in [1.29, 1.82) is 5.26 Å². The molecule has 1 amide bonds. The molecule has 1 aliphatic heterocycles. The molecule has 23 heavy (non-hydrogen) atoms. The molecule has 0 radical (unpaired) electrons. The van der Waals surface area contributed by atoms with E-state index in [2.05, 4.69) is 14.9 Å². The van der Waals surface area contributed by atoms with E-state index in [-0.39, 0.29) is 18.4 Å². The zero-order chi connectivity index (χ0) is 16.4. The lowest BCUT2D eigenvalue weighted by molar-refractivity contribution is -0.131. The van der Waals surface area contributed by atoms with Gasteiger partial charge in [-0.3, -0.25) is 4.79 Å². The molecule has 7 nitrogen and oxygen atoms in total. The summed E-state index contributed by atoms with van der Waals surface area (Å²) >= 11 is 0. The number of likely N-dealkylation sites (tertiary alicyclic amines) is 1. The molecule has 1 saturated heterocycles. The van der Waals surface area contributed by atoms with E-state index in [1.54, 1.807) is 11.2 Å². The highest BCUT2D eigenvalue weighted by atomic mass is 16.2. The van der Waals surface area contributed by atoms with Crippen LogP contribution in [-0.4, -0.2) is 51.5 Å². The van der Waals surface area contributed by atoms with Crippen LogP contribution in [0.4, 0.5) is 5.82 Å². The first-order valence-electron chi connectivity index (χ1n) is 7.75. The quantitative estimate of drug-likeness (QED) is 0.854. The summed E-state index contributed by atoms with van der Waals surface area (Å²) in [7, 11) is 3.97. The van der Waals surface area contributed by atoms with Crippen molar-refractivity contribution in [3.63, 3.8) is 0 Å². The SMILES string of the molecule is CN(c1ncnc2c1ccn2C)[C@@H]1CCCN(C(=O)CC#N)C1. The molecule has 7 heteroatoms. The fraction of sp³-hybridized carbons (Fsp3) is 0.500. The highest BCUT2D eigenvalue weighted by molar-refractivity contribution is 5.88. The fourth-order valence-electron chi connectivity index (χ4n) is 3.20. The van der Waals surface area contributed by atoms with Crippen molar-refractivity contribution in [2.45, 2.75) is 25.3 Å². The van der Waals surface area contributed by atoms with Gasteiger partial charge in [0.2, 0.25) is 5.91 Å². The zero-order valence-electron chi connectivity index (χ0n) is 13.4. The van der Waals surface area contributed by atoms with Crippen LogP contribution in [0.3, 0.4) is 0 Å². The molecule has 120 valence electrons. The van der Waals surface area contributed by atoms with Gasteiger partial charge in [-0.05, 0) is 18.9 Å². The highest BCUT2D eigenvalue weighted by Crippen LogP contribution is 2.26. The van der Waals surface area contributed by atoms with Crippen LogP contribution < -0.4 is 4.90 Å². The molecule has 1 aliphatic rings. The van der Waals surface area contributed by atoms with Crippen LogP contribution in [0.25, 0.3) is 11.0 Å². The summed E-state index contributed by atoms with van der Waals surface area (Å²) in [6.07, 6.45) is 5.45. The van der Waals surface area contributed by atoms with Crippen LogP contribution in [0.1, 0.15) is 19.3 Å². The molecule has 3 rings (SSSR count). The second kappa shape index (κ2) is 6.24. The number of anilines is 1. The van der Waals surface area contributed by atoms with E-state index >= 15 is 0 Å². The van der Waals surface area contributed by atoms with Crippen LogP contribution in [0.15, 0.2) is 18.6 Å². The Balaban J connectivity index is 1.83. The number of hydrogen-bond donors (Lipinski definition) is 0. The molecular formula is C16H20N6O. The molecule has 3 heterocycles. The van der Waals surface area contributed by atoms with E-state index in [9.17, 15) is 4.79 Å². The maximum Gasteiger partial charge on any atom is 0.236 e. The summed E-state index contributed by atoms with van der Waals surface area (Å²) in [4.78, 5) is 24.7. The third kappa shape index (κ3) is 2.84. The maximum absolute atomic E-state index is 12.0. The number of nitrogens with zero attached hydrogens (tertiary/aromatic N) is 6. The number of nitriles is 1. The average molecular weight is 312 g/mol. The number of carbonyl (C=O) groups is 1. The predicted octanol–water partition coefficient (Wildman–Crippen LogP) is 1.31. The van der Waals surface area contributed by atoms with Gasteiger partial charge in [0.15, 0.2) is 0 Å². The van der Waals surface area contributed by atoms with Crippen LogP contribution in [-0.2, 0) is 11.8 Å². The van der Waals surface area contributed by atoms with Gasteiger partial charge >= 0.3 is 0 Å². The van der Waals surface area contributed by atoms with Crippen LogP contribution >= 0.6 is 0 Å². The average Bonchev–Trinajstić information content (AvgIpc) is 2.96. The molecule has 0 N–H and O–H groups in total. The summed E-state index contributed by atoms with van der Waals surface area (Å²) in [6, 6.07) is 4.15. The molecule has 0 unspecified atom stereocenters. The molecule has 2 aromatic rings. The minimum atomic E-state index is -0.0851. The normalized spacial score (nSPS) is 18.0. The Morgan fingerprint density at radius 2 is 2.35 bits per heavy atom. The van der Waals surface area contributed by atoms with Gasteiger partial charge in [0.05, 0.1) is 11.5 Å². The first-order valence-corrected chi connectivity index (χ1v) is 7.75. The van der Waals surface area contributed by atoms with Gasteiger partial charge in [-0.2, -0.15) is 5.26 Å². The number of aryl methyl sites for hydroxylation is 1. The minimum absolute atomic E-state index is 0.0487. The Hall–Kier alpha value is -2.62. The molecule has 0 bridgehead atoms. The van der Waals surface area contributed by atoms with Crippen molar-refractivity contribution >= 4 is 22.8 Å². The molecule has 1 fully saturated rings. The summed E-state index contributed by atoms with van der Waals surface area (Å²) in [5, 5.41) is 9.73. The van der Waals surface area contributed by atoms with E-state index in [4.69, 9.17) is 5.26 Å². The van der Waals surface area contributed by atoms with Gasteiger partial charge < -0.3 is 14.4 Å². The first-order chi connectivity index (χ1) is 11.1. The molecule has 0 spiro atoms. The molecule has 1 atom stereocenters. The topological polar surface area (TPSA) is 78.1 Å². The molecule has 0 aromatic carbocycles. The van der Waals surface area contributed by atoms with Crippen molar-refractivity contribution in [2.24, 2.45) is 7.05 Å². The zero-order valence-corrected chi connectivity index (χ0v) is 13.4. The Kier molecular flexibility index (Phi) is 4.15. The van der Waals surface area contributed by atoms with Crippen molar-refractivity contribution in [3.05, 3.63) is 18.6 Å². The van der Waals surface area contributed by atoms with Crippen molar-refractivity contribution in [2.75, 3.05) is 25.0 Å².